The van der Waals surface area contributed by atoms with Crippen molar-refractivity contribution >= 4 is 5.97 Å². The molecule has 0 saturated heterocycles. The molecular weight excluding hydrogens is 222 g/mol. The van der Waals surface area contributed by atoms with Crippen LogP contribution >= 0.6 is 0 Å². The second-order valence-corrected chi connectivity index (χ2v) is 4.97. The Morgan fingerprint density at radius 2 is 2.12 bits per heavy atom. The number of rotatable bonds is 5. The predicted octanol–water partition coefficient (Wildman–Crippen LogP) is 2.46. The second kappa shape index (κ2) is 4.87. The Labute approximate surface area is 101 Å². The van der Waals surface area contributed by atoms with E-state index in [2.05, 4.69) is 5.16 Å². The Hall–Kier alpha value is -1.36. The maximum absolute atomic E-state index is 11.2. The van der Waals surface area contributed by atoms with Gasteiger partial charge in [0.2, 0.25) is 0 Å². The maximum atomic E-state index is 11.2. The molecule has 0 aliphatic rings. The van der Waals surface area contributed by atoms with E-state index in [1.807, 2.05) is 27.7 Å². The number of ether oxygens (including phenoxy) is 1. The molecule has 1 heterocycles. The van der Waals surface area contributed by atoms with Gasteiger partial charge in [-0.3, -0.25) is 0 Å². The van der Waals surface area contributed by atoms with Gasteiger partial charge in [-0.25, -0.2) is 4.79 Å². The molecule has 0 aliphatic carbocycles. The van der Waals surface area contributed by atoms with Gasteiger partial charge in [-0.2, -0.15) is 0 Å². The quantitative estimate of drug-likeness (QED) is 0.857. The number of aromatic carboxylic acids is 1. The number of carboxylic acids is 1. The molecule has 0 aromatic carbocycles. The molecule has 0 radical (unpaired) electrons. The third-order valence-corrected chi connectivity index (χ3v) is 2.67. The summed E-state index contributed by atoms with van der Waals surface area (Å²) in [6.45, 7) is 7.50. The average Bonchev–Trinajstić information content (AvgIpc) is 2.60. The largest absolute Gasteiger partial charge is 0.477 e. The number of aromatic nitrogens is 1. The smallest absolute Gasteiger partial charge is 0.341 e. The molecule has 5 nitrogen and oxygen atoms in total. The topological polar surface area (TPSA) is 72.6 Å². The standard InChI is InChI=1S/C12H19NO4/c1-7(2)10-9(11(14)15)8(13-17-10)6-12(3,4)16-5/h7H,6H2,1-5H3,(H,14,15). The molecule has 0 amide bonds. The van der Waals surface area contributed by atoms with Gasteiger partial charge in [0.05, 0.1) is 5.60 Å². The van der Waals surface area contributed by atoms with Gasteiger partial charge in [-0.05, 0) is 13.8 Å². The zero-order valence-corrected chi connectivity index (χ0v) is 10.9. The minimum absolute atomic E-state index is 0.00647. The summed E-state index contributed by atoms with van der Waals surface area (Å²) in [6, 6.07) is 0. The van der Waals surface area contributed by atoms with Gasteiger partial charge in [0.15, 0.2) is 5.76 Å². The number of nitrogens with zero attached hydrogens (tertiary/aromatic N) is 1. The van der Waals surface area contributed by atoms with Crippen LogP contribution in [0, 0.1) is 0 Å². The zero-order valence-electron chi connectivity index (χ0n) is 10.9. The fourth-order valence-electron chi connectivity index (χ4n) is 1.56. The van der Waals surface area contributed by atoms with Crippen molar-refractivity contribution in [3.05, 3.63) is 17.0 Å². The van der Waals surface area contributed by atoms with Crippen LogP contribution in [0.15, 0.2) is 4.52 Å². The predicted molar refractivity (Wildman–Crippen MR) is 62.3 cm³/mol. The van der Waals surface area contributed by atoms with Crippen molar-refractivity contribution in [2.75, 3.05) is 7.11 Å². The molecule has 0 atom stereocenters. The van der Waals surface area contributed by atoms with Crippen molar-refractivity contribution < 1.29 is 19.2 Å². The van der Waals surface area contributed by atoms with Crippen LogP contribution in [0.2, 0.25) is 0 Å². The first kappa shape index (κ1) is 13.7. The Kier molecular flexibility index (Phi) is 3.93. The molecule has 1 aromatic heterocycles. The highest BCUT2D eigenvalue weighted by Crippen LogP contribution is 2.26. The Balaban J connectivity index is 3.13. The Bertz CT molecular complexity index is 407. The summed E-state index contributed by atoms with van der Waals surface area (Å²) in [4.78, 5) is 11.2. The normalized spacial score (nSPS) is 12.1. The van der Waals surface area contributed by atoms with Crippen LogP contribution < -0.4 is 0 Å². The summed E-state index contributed by atoms with van der Waals surface area (Å²) >= 11 is 0. The fraction of sp³-hybridized carbons (Fsp3) is 0.667. The van der Waals surface area contributed by atoms with Gasteiger partial charge in [-0.15, -0.1) is 0 Å². The van der Waals surface area contributed by atoms with Gasteiger partial charge in [0.1, 0.15) is 11.3 Å². The summed E-state index contributed by atoms with van der Waals surface area (Å²) < 4.78 is 10.4. The maximum Gasteiger partial charge on any atom is 0.341 e. The third-order valence-electron chi connectivity index (χ3n) is 2.67. The van der Waals surface area contributed by atoms with E-state index in [9.17, 15) is 9.90 Å². The Morgan fingerprint density at radius 1 is 1.53 bits per heavy atom. The van der Waals surface area contributed by atoms with Crippen LogP contribution in [0.1, 0.15) is 55.4 Å². The van der Waals surface area contributed by atoms with Crippen LogP contribution in [0.25, 0.3) is 0 Å². The molecule has 0 unspecified atom stereocenters. The SMILES string of the molecule is COC(C)(C)Cc1noc(C(C)C)c1C(=O)O. The average molecular weight is 241 g/mol. The lowest BCUT2D eigenvalue weighted by Crippen LogP contribution is -2.26. The molecule has 17 heavy (non-hydrogen) atoms. The lowest BCUT2D eigenvalue weighted by molar-refractivity contribution is 0.0216. The first-order chi connectivity index (χ1) is 7.78. The van der Waals surface area contributed by atoms with Crippen molar-refractivity contribution in [3.8, 4) is 0 Å². The second-order valence-electron chi connectivity index (χ2n) is 4.97. The van der Waals surface area contributed by atoms with Crippen molar-refractivity contribution in [1.29, 1.82) is 0 Å². The molecule has 1 rings (SSSR count). The van der Waals surface area contributed by atoms with Gasteiger partial charge >= 0.3 is 5.97 Å². The lowest BCUT2D eigenvalue weighted by atomic mass is 9.97. The highest BCUT2D eigenvalue weighted by atomic mass is 16.5. The summed E-state index contributed by atoms with van der Waals surface area (Å²) in [6.07, 6.45) is 0.404. The monoisotopic (exact) mass is 241 g/mol. The van der Waals surface area contributed by atoms with E-state index in [4.69, 9.17) is 9.26 Å². The van der Waals surface area contributed by atoms with E-state index in [0.717, 1.165) is 0 Å². The number of hydrogen-bond acceptors (Lipinski definition) is 4. The van der Waals surface area contributed by atoms with Gasteiger partial charge in [0.25, 0.3) is 0 Å². The fourth-order valence-corrected chi connectivity index (χ4v) is 1.56. The molecule has 1 N–H and O–H groups in total. The van der Waals surface area contributed by atoms with Crippen molar-refractivity contribution in [2.24, 2.45) is 0 Å². The molecule has 0 saturated carbocycles. The van der Waals surface area contributed by atoms with Crippen molar-refractivity contribution in [2.45, 2.75) is 45.6 Å². The molecule has 0 spiro atoms. The summed E-state index contributed by atoms with van der Waals surface area (Å²) in [7, 11) is 1.59. The highest BCUT2D eigenvalue weighted by molar-refractivity contribution is 5.90. The number of carboxylic acid groups (broad SMARTS) is 1. The van der Waals surface area contributed by atoms with Crippen LogP contribution in [-0.2, 0) is 11.2 Å². The van der Waals surface area contributed by atoms with Crippen LogP contribution in [-0.4, -0.2) is 28.9 Å². The van der Waals surface area contributed by atoms with Crippen molar-refractivity contribution in [1.82, 2.24) is 5.16 Å². The molecule has 0 aliphatic heterocycles. The molecule has 96 valence electrons. The van der Waals surface area contributed by atoms with Crippen LogP contribution in [0.3, 0.4) is 0 Å². The van der Waals surface area contributed by atoms with Crippen LogP contribution in [0.4, 0.5) is 0 Å². The van der Waals surface area contributed by atoms with E-state index in [1.165, 1.54) is 0 Å². The summed E-state index contributed by atoms with van der Waals surface area (Å²) in [5, 5.41) is 13.1. The molecular formula is C12H19NO4. The number of methoxy groups -OCH3 is 1. The molecule has 1 aromatic rings. The van der Waals surface area contributed by atoms with Crippen molar-refractivity contribution in [3.63, 3.8) is 0 Å². The van der Waals surface area contributed by atoms with E-state index in [1.54, 1.807) is 7.11 Å². The minimum Gasteiger partial charge on any atom is -0.477 e. The highest BCUT2D eigenvalue weighted by Gasteiger charge is 2.28. The van der Waals surface area contributed by atoms with E-state index >= 15 is 0 Å². The third kappa shape index (κ3) is 3.06. The first-order valence-electron chi connectivity index (χ1n) is 5.55. The molecule has 0 bridgehead atoms. The summed E-state index contributed by atoms with van der Waals surface area (Å²) in [5.41, 5.74) is 0.146. The van der Waals surface area contributed by atoms with Crippen LogP contribution in [0.5, 0.6) is 0 Å². The molecule has 5 heteroatoms. The number of carbonyl (C=O) groups is 1. The van der Waals surface area contributed by atoms with Gasteiger partial charge < -0.3 is 14.4 Å². The van der Waals surface area contributed by atoms with E-state index in [-0.39, 0.29) is 11.5 Å². The minimum atomic E-state index is -1.00. The van der Waals surface area contributed by atoms with E-state index < -0.39 is 11.6 Å². The van der Waals surface area contributed by atoms with Gasteiger partial charge in [-0.1, -0.05) is 19.0 Å². The van der Waals surface area contributed by atoms with E-state index in [0.29, 0.717) is 17.9 Å². The summed E-state index contributed by atoms with van der Waals surface area (Å²) in [5.74, 6) is -0.593. The number of hydrogen-bond donors (Lipinski definition) is 1. The zero-order chi connectivity index (χ0) is 13.2. The Morgan fingerprint density at radius 3 is 2.53 bits per heavy atom. The first-order valence-corrected chi connectivity index (χ1v) is 5.55. The van der Waals surface area contributed by atoms with Gasteiger partial charge in [0, 0.05) is 19.4 Å². The lowest BCUT2D eigenvalue weighted by Gasteiger charge is -2.21. The molecule has 0 fully saturated rings.